The fraction of sp³-hybridized carbons (Fsp3) is 0.500. The summed E-state index contributed by atoms with van der Waals surface area (Å²) >= 11 is 0. The van der Waals surface area contributed by atoms with Gasteiger partial charge in [0.05, 0.1) is 40.0 Å². The van der Waals surface area contributed by atoms with Gasteiger partial charge in [0.15, 0.2) is 0 Å². The molecule has 2 aliphatic rings. The van der Waals surface area contributed by atoms with Crippen LogP contribution in [0, 0.1) is 17.8 Å². The Labute approximate surface area is 242 Å². The van der Waals surface area contributed by atoms with E-state index in [9.17, 15) is 18.3 Å². The fourth-order valence-corrected chi connectivity index (χ4v) is 6.61. The molecule has 222 valence electrons. The topological polar surface area (TPSA) is 109 Å². The van der Waals surface area contributed by atoms with Gasteiger partial charge < -0.3 is 24.2 Å². The largest absolute Gasteiger partial charge is 0.497 e. The molecule has 0 aromatic heterocycles. The first-order valence-corrected chi connectivity index (χ1v) is 15.2. The van der Waals surface area contributed by atoms with Crippen molar-refractivity contribution in [2.75, 3.05) is 66.7 Å². The van der Waals surface area contributed by atoms with Gasteiger partial charge in [-0.3, -0.25) is 9.69 Å². The van der Waals surface area contributed by atoms with Gasteiger partial charge >= 0.3 is 0 Å². The van der Waals surface area contributed by atoms with Crippen molar-refractivity contribution in [1.82, 2.24) is 14.1 Å². The predicted octanol–water partition coefficient (Wildman–Crippen LogP) is 1.65. The third-order valence-electron chi connectivity index (χ3n) is 7.45. The van der Waals surface area contributed by atoms with Crippen LogP contribution in [-0.2, 0) is 19.6 Å². The van der Waals surface area contributed by atoms with Gasteiger partial charge in [-0.25, -0.2) is 8.42 Å². The lowest BCUT2D eigenvalue weighted by molar-refractivity contribution is -0.133. The first-order valence-electron chi connectivity index (χ1n) is 13.8. The van der Waals surface area contributed by atoms with Crippen LogP contribution >= 0.6 is 0 Å². The average molecular weight is 586 g/mol. The summed E-state index contributed by atoms with van der Waals surface area (Å²) in [5, 5.41) is 9.88. The molecule has 3 atom stereocenters. The maximum absolute atomic E-state index is 13.7. The average Bonchev–Trinajstić information content (AvgIpc) is 2.98. The van der Waals surface area contributed by atoms with Crippen LogP contribution in [0.15, 0.2) is 47.4 Å². The Hall–Kier alpha value is -3.14. The number of fused-ring (bicyclic) bond motifs is 1. The van der Waals surface area contributed by atoms with Gasteiger partial charge in [-0.05, 0) is 49.4 Å². The van der Waals surface area contributed by atoms with Crippen molar-refractivity contribution in [2.24, 2.45) is 5.92 Å². The highest BCUT2D eigenvalue weighted by Crippen LogP contribution is 2.34. The number of rotatable bonds is 7. The lowest BCUT2D eigenvalue weighted by Crippen LogP contribution is -2.51. The van der Waals surface area contributed by atoms with Crippen LogP contribution in [0.4, 0.5) is 0 Å². The van der Waals surface area contributed by atoms with Crippen molar-refractivity contribution in [3.63, 3.8) is 0 Å². The molecule has 2 heterocycles. The van der Waals surface area contributed by atoms with Crippen molar-refractivity contribution >= 4 is 15.9 Å². The number of hydrogen-bond donors (Lipinski definition) is 1. The Bertz CT molecular complexity index is 1360. The third-order valence-corrected chi connectivity index (χ3v) is 9.47. The minimum absolute atomic E-state index is 0.00648. The Kier molecular flexibility index (Phi) is 10.3. The zero-order valence-electron chi connectivity index (χ0n) is 24.1. The highest BCUT2D eigenvalue weighted by Gasteiger charge is 2.38. The van der Waals surface area contributed by atoms with E-state index in [0.717, 1.165) is 11.3 Å². The number of amides is 1. The van der Waals surface area contributed by atoms with Crippen LogP contribution < -0.4 is 9.47 Å². The van der Waals surface area contributed by atoms with Gasteiger partial charge in [-0.2, -0.15) is 4.31 Å². The molecule has 41 heavy (non-hydrogen) atoms. The summed E-state index contributed by atoms with van der Waals surface area (Å²) in [6, 6.07) is 11.5. The van der Waals surface area contributed by atoms with Crippen LogP contribution in [0.5, 0.6) is 11.5 Å². The van der Waals surface area contributed by atoms with Crippen molar-refractivity contribution in [3.05, 3.63) is 53.6 Å². The van der Waals surface area contributed by atoms with Crippen LogP contribution in [0.3, 0.4) is 0 Å². The Morgan fingerprint density at radius 3 is 2.46 bits per heavy atom. The van der Waals surface area contributed by atoms with Gasteiger partial charge in [0, 0.05) is 49.8 Å². The summed E-state index contributed by atoms with van der Waals surface area (Å²) < 4.78 is 45.8. The maximum Gasteiger partial charge on any atom is 0.247 e. The molecule has 4 rings (SSSR count). The zero-order valence-corrected chi connectivity index (χ0v) is 24.9. The first-order chi connectivity index (χ1) is 19.6. The molecule has 0 unspecified atom stereocenters. The summed E-state index contributed by atoms with van der Waals surface area (Å²) in [6.07, 6.45) is -0.499. The molecular weight excluding hydrogens is 546 g/mol. The molecule has 11 heteroatoms. The van der Waals surface area contributed by atoms with E-state index in [4.69, 9.17) is 14.2 Å². The highest BCUT2D eigenvalue weighted by molar-refractivity contribution is 7.89. The third kappa shape index (κ3) is 7.58. The summed E-state index contributed by atoms with van der Waals surface area (Å²) in [4.78, 5) is 16.8. The normalized spacial score (nSPS) is 21.7. The van der Waals surface area contributed by atoms with Crippen molar-refractivity contribution < 1.29 is 32.5 Å². The number of nitrogens with zero attached hydrogens (tertiary/aromatic N) is 3. The van der Waals surface area contributed by atoms with Crippen LogP contribution in [0.25, 0.3) is 0 Å². The fourth-order valence-electron chi connectivity index (χ4n) is 4.78. The molecule has 0 saturated carbocycles. The molecule has 1 fully saturated rings. The van der Waals surface area contributed by atoms with Gasteiger partial charge in [-0.15, -0.1) is 0 Å². The molecular formula is C30H39N3O7S. The Morgan fingerprint density at radius 1 is 1.15 bits per heavy atom. The van der Waals surface area contributed by atoms with E-state index < -0.39 is 22.2 Å². The van der Waals surface area contributed by atoms with E-state index in [1.807, 2.05) is 31.2 Å². The molecule has 0 spiro atoms. The summed E-state index contributed by atoms with van der Waals surface area (Å²) in [5.41, 5.74) is 1.36. The van der Waals surface area contributed by atoms with Gasteiger partial charge in [0.2, 0.25) is 15.9 Å². The van der Waals surface area contributed by atoms with E-state index in [1.54, 1.807) is 38.1 Å². The quantitative estimate of drug-likeness (QED) is 0.489. The minimum Gasteiger partial charge on any atom is -0.497 e. The van der Waals surface area contributed by atoms with E-state index in [2.05, 4.69) is 16.7 Å². The van der Waals surface area contributed by atoms with Crippen molar-refractivity contribution in [1.29, 1.82) is 0 Å². The molecule has 0 aliphatic carbocycles. The molecule has 2 aromatic carbocycles. The van der Waals surface area contributed by atoms with Gasteiger partial charge in [0.25, 0.3) is 0 Å². The van der Waals surface area contributed by atoms with Crippen LogP contribution in [0.2, 0.25) is 0 Å². The number of methoxy groups -OCH3 is 1. The first kappa shape index (κ1) is 30.8. The molecule has 1 N–H and O–H groups in total. The number of benzene rings is 2. The SMILES string of the molecule is COc1ccc(C#Cc2ccc3c(c2)O[C@H](CN(C)C(=O)CN2CCOCC2)[C@@H](C)CN([C@@H](C)CO)S3(=O)=O)cc1. The van der Waals surface area contributed by atoms with E-state index in [0.29, 0.717) is 31.9 Å². The Morgan fingerprint density at radius 2 is 1.80 bits per heavy atom. The summed E-state index contributed by atoms with van der Waals surface area (Å²) in [5.74, 6) is 6.76. The van der Waals surface area contributed by atoms with Crippen molar-refractivity contribution in [3.8, 4) is 23.3 Å². The molecule has 2 aromatic rings. The maximum atomic E-state index is 13.7. The second-order valence-corrected chi connectivity index (χ2v) is 12.4. The number of aliphatic hydroxyl groups is 1. The predicted molar refractivity (Wildman–Crippen MR) is 154 cm³/mol. The number of aliphatic hydroxyl groups excluding tert-OH is 1. The summed E-state index contributed by atoms with van der Waals surface area (Å²) in [6.45, 7) is 6.56. The number of carbonyl (C=O) groups excluding carboxylic acids is 1. The van der Waals surface area contributed by atoms with Crippen molar-refractivity contribution in [2.45, 2.75) is 30.9 Å². The van der Waals surface area contributed by atoms with E-state index in [1.165, 1.54) is 10.4 Å². The summed E-state index contributed by atoms with van der Waals surface area (Å²) in [7, 11) is -0.644. The van der Waals surface area contributed by atoms with E-state index >= 15 is 0 Å². The number of ether oxygens (including phenoxy) is 3. The zero-order chi connectivity index (χ0) is 29.6. The smallest absolute Gasteiger partial charge is 0.247 e. The number of likely N-dealkylation sites (N-methyl/N-ethyl adjacent to an activating group) is 1. The Balaban J connectivity index is 1.63. The van der Waals surface area contributed by atoms with Crippen LogP contribution in [0.1, 0.15) is 25.0 Å². The minimum atomic E-state index is -3.98. The lowest BCUT2D eigenvalue weighted by Gasteiger charge is -2.38. The standard InChI is InChI=1S/C30H39N3O7S/c1-22-18-33(23(2)21-34)41(36,37)29-12-9-25(6-5-24-7-10-26(38-4)11-8-24)17-27(29)40-28(22)19-31(3)30(35)20-32-13-15-39-16-14-32/h7-12,17,22-23,28,34H,13-16,18-21H2,1-4H3/t22-,23-,28+/m0/s1. The lowest BCUT2D eigenvalue weighted by atomic mass is 10.0. The molecule has 10 nitrogen and oxygen atoms in total. The highest BCUT2D eigenvalue weighted by atomic mass is 32.2. The second-order valence-electron chi connectivity index (χ2n) is 10.5. The molecule has 1 amide bonds. The molecule has 0 bridgehead atoms. The van der Waals surface area contributed by atoms with Gasteiger partial charge in [-0.1, -0.05) is 18.8 Å². The number of sulfonamides is 1. The van der Waals surface area contributed by atoms with Gasteiger partial charge in [0.1, 0.15) is 22.5 Å². The molecule has 0 radical (unpaired) electrons. The number of morpholine rings is 1. The van der Waals surface area contributed by atoms with Crippen LogP contribution in [-0.4, -0.2) is 112 Å². The molecule has 1 saturated heterocycles. The monoisotopic (exact) mass is 585 g/mol. The molecule has 2 aliphatic heterocycles. The number of hydrogen-bond acceptors (Lipinski definition) is 8. The number of carbonyl (C=O) groups is 1. The second kappa shape index (κ2) is 13.7. The van der Waals surface area contributed by atoms with E-state index in [-0.39, 0.29) is 48.7 Å².